The lowest BCUT2D eigenvalue weighted by Crippen LogP contribution is -2.06. The van der Waals surface area contributed by atoms with Crippen molar-refractivity contribution in [2.75, 3.05) is 6.61 Å². The molecule has 0 saturated carbocycles. The van der Waals surface area contributed by atoms with Crippen LogP contribution in [0.5, 0.6) is 5.88 Å². The van der Waals surface area contributed by atoms with Crippen molar-refractivity contribution >= 4 is 21.7 Å². The fraction of sp³-hybridized carbons (Fsp3) is 0.111. The SMILES string of the molecule is CCOc1nc(-c2ccco2)cc2c1c(=O)oc1ccccc12. The fourth-order valence-electron chi connectivity index (χ4n) is 2.65. The Balaban J connectivity index is 2.16. The number of nitrogens with zero attached hydrogens (tertiary/aromatic N) is 1. The van der Waals surface area contributed by atoms with Gasteiger partial charge in [0.05, 0.1) is 12.9 Å². The Morgan fingerprint density at radius 3 is 2.78 bits per heavy atom. The van der Waals surface area contributed by atoms with Gasteiger partial charge in [0.2, 0.25) is 5.88 Å². The minimum absolute atomic E-state index is 0.260. The summed E-state index contributed by atoms with van der Waals surface area (Å²) in [5.41, 5.74) is 0.686. The number of para-hydroxylation sites is 1. The molecule has 0 atom stereocenters. The normalized spacial score (nSPS) is 11.2. The van der Waals surface area contributed by atoms with Gasteiger partial charge in [-0.2, -0.15) is 0 Å². The first kappa shape index (κ1) is 13.6. The van der Waals surface area contributed by atoms with Gasteiger partial charge in [0.25, 0.3) is 0 Å². The number of benzene rings is 1. The predicted octanol–water partition coefficient (Wildman–Crippen LogP) is 4.00. The van der Waals surface area contributed by atoms with E-state index in [0.29, 0.717) is 29.0 Å². The van der Waals surface area contributed by atoms with Gasteiger partial charge < -0.3 is 13.6 Å². The minimum atomic E-state index is -0.458. The molecular weight excluding hydrogens is 294 g/mol. The topological polar surface area (TPSA) is 65.5 Å². The van der Waals surface area contributed by atoms with Gasteiger partial charge >= 0.3 is 5.63 Å². The number of ether oxygens (including phenoxy) is 1. The van der Waals surface area contributed by atoms with Crippen LogP contribution in [-0.4, -0.2) is 11.6 Å². The number of hydrogen-bond acceptors (Lipinski definition) is 5. The van der Waals surface area contributed by atoms with E-state index in [1.165, 1.54) is 0 Å². The summed E-state index contributed by atoms with van der Waals surface area (Å²) in [6.45, 7) is 2.24. The van der Waals surface area contributed by atoms with Crippen LogP contribution in [0.1, 0.15) is 6.92 Å². The number of hydrogen-bond donors (Lipinski definition) is 0. The smallest absolute Gasteiger partial charge is 0.349 e. The van der Waals surface area contributed by atoms with Crippen LogP contribution >= 0.6 is 0 Å². The largest absolute Gasteiger partial charge is 0.477 e. The number of furan rings is 1. The van der Waals surface area contributed by atoms with Crippen LogP contribution in [0.4, 0.5) is 0 Å². The maximum atomic E-state index is 12.4. The average Bonchev–Trinajstić information content (AvgIpc) is 3.09. The van der Waals surface area contributed by atoms with E-state index in [1.807, 2.05) is 37.3 Å². The summed E-state index contributed by atoms with van der Waals surface area (Å²) in [5.74, 6) is 0.876. The van der Waals surface area contributed by atoms with E-state index < -0.39 is 5.63 Å². The molecule has 0 bridgehead atoms. The molecule has 0 aliphatic heterocycles. The predicted molar refractivity (Wildman–Crippen MR) is 86.7 cm³/mol. The zero-order valence-electron chi connectivity index (χ0n) is 12.4. The Morgan fingerprint density at radius 1 is 1.13 bits per heavy atom. The standard InChI is InChI=1S/C18H13NO4/c1-2-21-17-16-12(10-13(19-17)15-8-5-9-22-15)11-6-3-4-7-14(11)23-18(16)20/h3-10H,2H2,1H3. The molecular formula is C18H13NO4. The lowest BCUT2D eigenvalue weighted by atomic mass is 10.1. The van der Waals surface area contributed by atoms with Gasteiger partial charge in [0, 0.05) is 10.8 Å². The van der Waals surface area contributed by atoms with Gasteiger partial charge in [0.1, 0.15) is 16.7 Å². The van der Waals surface area contributed by atoms with Gasteiger partial charge in [-0.05, 0) is 31.2 Å². The van der Waals surface area contributed by atoms with Crippen molar-refractivity contribution in [1.29, 1.82) is 0 Å². The Labute approximate surface area is 131 Å². The molecule has 4 rings (SSSR count). The maximum absolute atomic E-state index is 12.4. The zero-order valence-corrected chi connectivity index (χ0v) is 12.4. The average molecular weight is 307 g/mol. The van der Waals surface area contributed by atoms with Crippen LogP contribution in [0.15, 0.2) is 62.4 Å². The van der Waals surface area contributed by atoms with Gasteiger partial charge in [-0.3, -0.25) is 0 Å². The summed E-state index contributed by atoms with van der Waals surface area (Å²) in [6.07, 6.45) is 1.58. The molecule has 5 nitrogen and oxygen atoms in total. The highest BCUT2D eigenvalue weighted by Crippen LogP contribution is 2.32. The van der Waals surface area contributed by atoms with Crippen molar-refractivity contribution in [2.24, 2.45) is 0 Å². The molecule has 0 fully saturated rings. The van der Waals surface area contributed by atoms with Gasteiger partial charge in [0.15, 0.2) is 5.76 Å². The molecule has 3 aromatic heterocycles. The minimum Gasteiger partial charge on any atom is -0.477 e. The fourth-order valence-corrected chi connectivity index (χ4v) is 2.65. The Kier molecular flexibility index (Phi) is 3.12. The van der Waals surface area contributed by atoms with E-state index in [9.17, 15) is 4.79 Å². The summed E-state index contributed by atoms with van der Waals surface area (Å²) in [7, 11) is 0. The monoisotopic (exact) mass is 307 g/mol. The summed E-state index contributed by atoms with van der Waals surface area (Å²) in [5, 5.41) is 1.92. The third-order valence-corrected chi connectivity index (χ3v) is 3.62. The van der Waals surface area contributed by atoms with E-state index in [0.717, 1.165) is 10.8 Å². The molecule has 0 spiro atoms. The highest BCUT2D eigenvalue weighted by molar-refractivity contribution is 6.06. The van der Waals surface area contributed by atoms with Crippen molar-refractivity contribution in [3.8, 4) is 17.3 Å². The molecule has 0 radical (unpaired) electrons. The van der Waals surface area contributed by atoms with Crippen molar-refractivity contribution in [3.63, 3.8) is 0 Å². The first-order valence-corrected chi connectivity index (χ1v) is 7.31. The molecule has 0 saturated heterocycles. The van der Waals surface area contributed by atoms with E-state index >= 15 is 0 Å². The second-order valence-corrected chi connectivity index (χ2v) is 5.03. The molecule has 0 amide bonds. The molecule has 0 aliphatic carbocycles. The zero-order chi connectivity index (χ0) is 15.8. The Morgan fingerprint density at radius 2 is 2.00 bits per heavy atom. The van der Waals surface area contributed by atoms with E-state index in [2.05, 4.69) is 4.98 Å². The lowest BCUT2D eigenvalue weighted by molar-refractivity contribution is 0.330. The third kappa shape index (κ3) is 2.17. The second kappa shape index (κ2) is 5.28. The van der Waals surface area contributed by atoms with E-state index in [-0.39, 0.29) is 5.88 Å². The third-order valence-electron chi connectivity index (χ3n) is 3.62. The Bertz CT molecular complexity index is 1050. The Hall–Kier alpha value is -3.08. The highest BCUT2D eigenvalue weighted by Gasteiger charge is 2.17. The molecule has 4 aromatic rings. The highest BCUT2D eigenvalue weighted by atomic mass is 16.5. The molecule has 0 N–H and O–H groups in total. The quantitative estimate of drug-likeness (QED) is 0.423. The van der Waals surface area contributed by atoms with Crippen molar-refractivity contribution in [2.45, 2.75) is 6.92 Å². The summed E-state index contributed by atoms with van der Waals surface area (Å²) >= 11 is 0. The van der Waals surface area contributed by atoms with Crippen LogP contribution in [-0.2, 0) is 0 Å². The summed E-state index contributed by atoms with van der Waals surface area (Å²) in [4.78, 5) is 16.8. The van der Waals surface area contributed by atoms with Crippen LogP contribution in [0.25, 0.3) is 33.2 Å². The maximum Gasteiger partial charge on any atom is 0.349 e. The first-order chi connectivity index (χ1) is 11.3. The number of pyridine rings is 1. The van der Waals surface area contributed by atoms with E-state index in [4.69, 9.17) is 13.6 Å². The van der Waals surface area contributed by atoms with Crippen molar-refractivity contribution in [1.82, 2.24) is 4.98 Å². The van der Waals surface area contributed by atoms with Crippen LogP contribution in [0.2, 0.25) is 0 Å². The number of aromatic nitrogens is 1. The molecule has 114 valence electrons. The molecule has 3 heterocycles. The van der Waals surface area contributed by atoms with Crippen molar-refractivity contribution in [3.05, 3.63) is 59.1 Å². The number of fused-ring (bicyclic) bond motifs is 3. The van der Waals surface area contributed by atoms with Crippen molar-refractivity contribution < 1.29 is 13.6 Å². The first-order valence-electron chi connectivity index (χ1n) is 7.31. The summed E-state index contributed by atoms with van der Waals surface area (Å²) in [6, 6.07) is 12.8. The van der Waals surface area contributed by atoms with Crippen LogP contribution in [0.3, 0.4) is 0 Å². The van der Waals surface area contributed by atoms with E-state index in [1.54, 1.807) is 18.4 Å². The lowest BCUT2D eigenvalue weighted by Gasteiger charge is -2.09. The molecule has 5 heteroatoms. The van der Waals surface area contributed by atoms with Crippen LogP contribution in [0, 0.1) is 0 Å². The summed E-state index contributed by atoms with van der Waals surface area (Å²) < 4.78 is 16.4. The van der Waals surface area contributed by atoms with Gasteiger partial charge in [-0.1, -0.05) is 18.2 Å². The molecule has 0 aliphatic rings. The van der Waals surface area contributed by atoms with Gasteiger partial charge in [-0.25, -0.2) is 9.78 Å². The molecule has 0 unspecified atom stereocenters. The molecule has 23 heavy (non-hydrogen) atoms. The van der Waals surface area contributed by atoms with Gasteiger partial charge in [-0.15, -0.1) is 0 Å². The number of rotatable bonds is 3. The van der Waals surface area contributed by atoms with Crippen LogP contribution < -0.4 is 10.4 Å². The molecule has 1 aromatic carbocycles. The second-order valence-electron chi connectivity index (χ2n) is 5.03.